The molecule has 0 fully saturated rings. The maximum Gasteiger partial charge on any atom is 0.240 e. The average Bonchev–Trinajstić information content (AvgIpc) is 3.14. The van der Waals surface area contributed by atoms with Crippen LogP contribution in [0, 0.1) is 11.7 Å². The number of ketones is 1. The Morgan fingerprint density at radius 1 is 1.46 bits per heavy atom. The standard InChI is InChI=1S/C15H14ClN5OS2/c1-9-4-5-10(7-11(9)16)12(22)8-20-15(23)21(14(17)19-20)18-13-3-2-6-24-13/h2-7,18H,8H2,1H3,(H2,17,19). The first kappa shape index (κ1) is 16.7. The number of hydrogen-bond acceptors (Lipinski definition) is 6. The normalized spacial score (nSPS) is 10.8. The highest BCUT2D eigenvalue weighted by molar-refractivity contribution is 7.71. The largest absolute Gasteiger partial charge is 0.366 e. The summed E-state index contributed by atoms with van der Waals surface area (Å²) in [5.41, 5.74) is 10.4. The lowest BCUT2D eigenvalue weighted by Gasteiger charge is -2.05. The van der Waals surface area contributed by atoms with Gasteiger partial charge < -0.3 is 5.73 Å². The van der Waals surface area contributed by atoms with Crippen LogP contribution in [0.5, 0.6) is 0 Å². The van der Waals surface area contributed by atoms with Crippen LogP contribution in [0.1, 0.15) is 15.9 Å². The summed E-state index contributed by atoms with van der Waals surface area (Å²) in [6, 6.07) is 8.98. The van der Waals surface area contributed by atoms with E-state index in [9.17, 15) is 4.79 Å². The second-order valence-corrected chi connectivity index (χ2v) is 6.83. The smallest absolute Gasteiger partial charge is 0.240 e. The molecule has 124 valence electrons. The van der Waals surface area contributed by atoms with E-state index < -0.39 is 0 Å². The van der Waals surface area contributed by atoms with Gasteiger partial charge in [0.25, 0.3) is 0 Å². The molecule has 0 unspecified atom stereocenters. The van der Waals surface area contributed by atoms with Gasteiger partial charge in [-0.25, -0.2) is 4.68 Å². The van der Waals surface area contributed by atoms with Crippen LogP contribution >= 0.6 is 35.2 Å². The Morgan fingerprint density at radius 3 is 2.92 bits per heavy atom. The minimum Gasteiger partial charge on any atom is -0.366 e. The molecule has 9 heteroatoms. The molecular formula is C15H14ClN5OS2. The fourth-order valence-electron chi connectivity index (χ4n) is 2.08. The highest BCUT2D eigenvalue weighted by Gasteiger charge is 2.14. The molecule has 3 aromatic rings. The van der Waals surface area contributed by atoms with Crippen molar-refractivity contribution in [3.63, 3.8) is 0 Å². The number of nitrogens with zero attached hydrogens (tertiary/aromatic N) is 3. The molecule has 0 amide bonds. The lowest BCUT2D eigenvalue weighted by Crippen LogP contribution is -2.14. The van der Waals surface area contributed by atoms with E-state index in [1.165, 1.54) is 20.7 Å². The summed E-state index contributed by atoms with van der Waals surface area (Å²) in [5.74, 6) is 0.0388. The first-order valence-electron chi connectivity index (χ1n) is 7.01. The lowest BCUT2D eigenvalue weighted by atomic mass is 10.1. The fourth-order valence-corrected chi connectivity index (χ4v) is 3.11. The van der Waals surface area contributed by atoms with Crippen molar-refractivity contribution in [1.82, 2.24) is 14.5 Å². The summed E-state index contributed by atoms with van der Waals surface area (Å²) in [7, 11) is 0. The topological polar surface area (TPSA) is 77.9 Å². The van der Waals surface area contributed by atoms with Crippen molar-refractivity contribution in [2.24, 2.45) is 0 Å². The molecule has 3 N–H and O–H groups in total. The Balaban J connectivity index is 1.84. The molecule has 2 aromatic heterocycles. The second-order valence-electron chi connectivity index (χ2n) is 5.11. The van der Waals surface area contributed by atoms with Gasteiger partial charge in [0.2, 0.25) is 10.7 Å². The quantitative estimate of drug-likeness (QED) is 0.521. The minimum atomic E-state index is -0.145. The Hall–Kier alpha value is -2.16. The number of aromatic nitrogens is 3. The molecule has 0 radical (unpaired) electrons. The van der Waals surface area contributed by atoms with E-state index in [1.807, 2.05) is 24.4 Å². The van der Waals surface area contributed by atoms with E-state index in [0.717, 1.165) is 10.6 Å². The van der Waals surface area contributed by atoms with Crippen LogP contribution in [0.3, 0.4) is 0 Å². The Labute approximate surface area is 152 Å². The van der Waals surface area contributed by atoms with Gasteiger partial charge in [-0.3, -0.25) is 10.2 Å². The zero-order valence-electron chi connectivity index (χ0n) is 12.7. The van der Waals surface area contributed by atoms with Crippen molar-refractivity contribution in [3.8, 4) is 0 Å². The number of anilines is 2. The maximum atomic E-state index is 12.4. The number of nitrogens with two attached hydrogens (primary N) is 1. The SMILES string of the molecule is Cc1ccc(C(=O)Cn2nc(N)n(Nc3cccs3)c2=S)cc1Cl. The van der Waals surface area contributed by atoms with Crippen molar-refractivity contribution in [2.45, 2.75) is 13.5 Å². The Kier molecular flexibility index (Phi) is 4.70. The van der Waals surface area contributed by atoms with E-state index in [1.54, 1.807) is 18.2 Å². The number of hydrogen-bond donors (Lipinski definition) is 2. The van der Waals surface area contributed by atoms with Crippen LogP contribution in [-0.2, 0) is 6.54 Å². The Morgan fingerprint density at radius 2 is 2.25 bits per heavy atom. The molecule has 0 spiro atoms. The molecule has 1 aromatic carbocycles. The van der Waals surface area contributed by atoms with Crippen LogP contribution in [0.2, 0.25) is 5.02 Å². The number of halogens is 1. The molecule has 3 rings (SSSR count). The highest BCUT2D eigenvalue weighted by Crippen LogP contribution is 2.19. The van der Waals surface area contributed by atoms with Crippen molar-refractivity contribution >= 4 is 51.9 Å². The summed E-state index contributed by atoms with van der Waals surface area (Å²) in [6.07, 6.45) is 0. The molecule has 0 saturated heterocycles. The molecular weight excluding hydrogens is 366 g/mol. The number of nitrogen functional groups attached to an aromatic ring is 1. The number of thiophene rings is 1. The van der Waals surface area contributed by atoms with Gasteiger partial charge in [-0.1, -0.05) is 23.7 Å². The molecule has 0 saturated carbocycles. The zero-order chi connectivity index (χ0) is 17.3. The third-order valence-corrected chi connectivity index (χ3v) is 4.97. The van der Waals surface area contributed by atoms with Gasteiger partial charge in [0, 0.05) is 10.6 Å². The maximum absolute atomic E-state index is 12.4. The summed E-state index contributed by atoms with van der Waals surface area (Å²) in [4.78, 5) is 12.4. The van der Waals surface area contributed by atoms with Gasteiger partial charge in [-0.15, -0.1) is 16.4 Å². The molecule has 0 aliphatic carbocycles. The molecule has 0 aliphatic heterocycles. The molecule has 0 atom stereocenters. The third kappa shape index (κ3) is 3.35. The number of carbonyl (C=O) groups is 1. The number of aryl methyl sites for hydroxylation is 1. The average molecular weight is 380 g/mol. The van der Waals surface area contributed by atoms with E-state index in [0.29, 0.717) is 15.4 Å². The zero-order valence-corrected chi connectivity index (χ0v) is 15.1. The number of Topliss-reactive ketones (excluding diaryl/α,β-unsaturated/α-hetero) is 1. The van der Waals surface area contributed by atoms with Crippen LogP contribution in [-0.4, -0.2) is 20.2 Å². The van der Waals surface area contributed by atoms with Crippen molar-refractivity contribution in [3.05, 3.63) is 56.6 Å². The van der Waals surface area contributed by atoms with E-state index in [4.69, 9.17) is 29.6 Å². The highest BCUT2D eigenvalue weighted by atomic mass is 35.5. The van der Waals surface area contributed by atoms with Crippen LogP contribution in [0.25, 0.3) is 0 Å². The molecule has 0 aliphatic rings. The van der Waals surface area contributed by atoms with E-state index in [-0.39, 0.29) is 18.3 Å². The predicted molar refractivity (Wildman–Crippen MR) is 99.3 cm³/mol. The number of benzene rings is 1. The van der Waals surface area contributed by atoms with E-state index >= 15 is 0 Å². The third-order valence-electron chi connectivity index (χ3n) is 3.39. The number of rotatable bonds is 5. The first-order chi connectivity index (χ1) is 11.5. The lowest BCUT2D eigenvalue weighted by molar-refractivity contribution is 0.0967. The van der Waals surface area contributed by atoms with Crippen molar-refractivity contribution < 1.29 is 4.79 Å². The summed E-state index contributed by atoms with van der Waals surface area (Å²) >= 11 is 12.9. The van der Waals surface area contributed by atoms with Gasteiger partial charge in [0.05, 0.1) is 0 Å². The second kappa shape index (κ2) is 6.76. The van der Waals surface area contributed by atoms with Gasteiger partial charge in [-0.2, -0.15) is 4.68 Å². The van der Waals surface area contributed by atoms with Crippen molar-refractivity contribution in [1.29, 1.82) is 0 Å². The predicted octanol–water partition coefficient (Wildman–Crippen LogP) is 3.78. The summed E-state index contributed by atoms with van der Waals surface area (Å²) < 4.78 is 3.17. The van der Waals surface area contributed by atoms with Crippen molar-refractivity contribution in [2.75, 3.05) is 11.2 Å². The first-order valence-corrected chi connectivity index (χ1v) is 8.67. The Bertz CT molecular complexity index is 945. The van der Waals surface area contributed by atoms with E-state index in [2.05, 4.69) is 10.5 Å². The van der Waals surface area contributed by atoms with Gasteiger partial charge in [-0.05, 0) is 48.3 Å². The number of carbonyl (C=O) groups excluding carboxylic acids is 1. The van der Waals surface area contributed by atoms with Crippen LogP contribution < -0.4 is 11.2 Å². The molecule has 6 nitrogen and oxygen atoms in total. The summed E-state index contributed by atoms with van der Waals surface area (Å²) in [6.45, 7) is 1.87. The van der Waals surface area contributed by atoms with Gasteiger partial charge >= 0.3 is 0 Å². The van der Waals surface area contributed by atoms with Crippen LogP contribution in [0.15, 0.2) is 35.7 Å². The molecule has 2 heterocycles. The fraction of sp³-hybridized carbons (Fsp3) is 0.133. The monoisotopic (exact) mass is 379 g/mol. The molecule has 0 bridgehead atoms. The van der Waals surface area contributed by atoms with Crippen LogP contribution in [0.4, 0.5) is 10.9 Å². The van der Waals surface area contributed by atoms with Gasteiger partial charge in [0.1, 0.15) is 11.5 Å². The minimum absolute atomic E-state index is 0.0124. The summed E-state index contributed by atoms with van der Waals surface area (Å²) in [5, 5.41) is 7.48. The van der Waals surface area contributed by atoms with Gasteiger partial charge in [0.15, 0.2) is 5.78 Å². The number of nitrogens with one attached hydrogen (secondary N) is 1. The molecule has 24 heavy (non-hydrogen) atoms.